The van der Waals surface area contributed by atoms with E-state index in [0.29, 0.717) is 5.92 Å². The second kappa shape index (κ2) is 6.12. The van der Waals surface area contributed by atoms with Gasteiger partial charge in [-0.05, 0) is 53.9 Å². The monoisotopic (exact) mass is 287 g/mol. The van der Waals surface area contributed by atoms with Gasteiger partial charge in [-0.1, -0.05) is 73.5 Å². The van der Waals surface area contributed by atoms with Gasteiger partial charge in [-0.15, -0.1) is 0 Å². The van der Waals surface area contributed by atoms with E-state index in [9.17, 15) is 0 Å². The van der Waals surface area contributed by atoms with Crippen molar-refractivity contribution in [3.63, 3.8) is 0 Å². The maximum Gasteiger partial charge on any atom is 0.00983 e. The summed E-state index contributed by atoms with van der Waals surface area (Å²) in [6.45, 7) is 0. The smallest absolute Gasteiger partial charge is 0.00983 e. The zero-order chi connectivity index (χ0) is 14.8. The van der Waals surface area contributed by atoms with Crippen molar-refractivity contribution in [2.24, 2.45) is 11.8 Å². The maximum atomic E-state index is 3.90. The Morgan fingerprint density at radius 2 is 1.45 bits per heavy atom. The molecule has 0 aliphatic heterocycles. The molecule has 0 bridgehead atoms. The SMILES string of the molecule is [C]1=C(c2ccccc2)C2CCCCC2CC1c1ccccc1. The molecule has 0 aromatic heterocycles. The highest BCUT2D eigenvalue weighted by Crippen LogP contribution is 2.48. The van der Waals surface area contributed by atoms with E-state index in [1.165, 1.54) is 48.8 Å². The van der Waals surface area contributed by atoms with E-state index in [0.717, 1.165) is 11.8 Å². The third-order valence-corrected chi connectivity index (χ3v) is 5.43. The Morgan fingerprint density at radius 1 is 0.773 bits per heavy atom. The molecule has 3 unspecified atom stereocenters. The number of benzene rings is 2. The molecule has 2 aromatic carbocycles. The molecule has 1 fully saturated rings. The van der Waals surface area contributed by atoms with Crippen LogP contribution in [0.3, 0.4) is 0 Å². The Kier molecular flexibility index (Phi) is 3.84. The van der Waals surface area contributed by atoms with Gasteiger partial charge in [0.1, 0.15) is 0 Å². The summed E-state index contributed by atoms with van der Waals surface area (Å²) < 4.78 is 0. The van der Waals surface area contributed by atoms with Crippen molar-refractivity contribution in [1.82, 2.24) is 0 Å². The van der Waals surface area contributed by atoms with Crippen molar-refractivity contribution in [2.75, 3.05) is 0 Å². The number of allylic oxidation sites excluding steroid dienone is 2. The predicted octanol–water partition coefficient (Wildman–Crippen LogP) is 5.87. The van der Waals surface area contributed by atoms with E-state index < -0.39 is 0 Å². The summed E-state index contributed by atoms with van der Waals surface area (Å²) in [7, 11) is 0. The van der Waals surface area contributed by atoms with Crippen LogP contribution in [-0.4, -0.2) is 0 Å². The fourth-order valence-electron chi connectivity index (χ4n) is 4.35. The lowest BCUT2D eigenvalue weighted by molar-refractivity contribution is 0.256. The van der Waals surface area contributed by atoms with Crippen LogP contribution in [0.5, 0.6) is 0 Å². The molecule has 3 atom stereocenters. The van der Waals surface area contributed by atoms with Gasteiger partial charge >= 0.3 is 0 Å². The van der Waals surface area contributed by atoms with Gasteiger partial charge in [0.05, 0.1) is 0 Å². The first kappa shape index (κ1) is 13.8. The molecule has 4 rings (SSSR count). The summed E-state index contributed by atoms with van der Waals surface area (Å²) in [5.74, 6) is 2.04. The number of hydrogen-bond donors (Lipinski definition) is 0. The van der Waals surface area contributed by atoms with Crippen LogP contribution in [0.2, 0.25) is 0 Å². The standard InChI is InChI=1S/C22H23/c1-3-9-17(10-4-1)20-15-19-13-7-8-14-21(19)22(16-20)18-11-5-2-6-12-18/h1-6,9-12,19-21H,7-8,13-15H2. The topological polar surface area (TPSA) is 0 Å². The Labute approximate surface area is 133 Å². The van der Waals surface area contributed by atoms with Crippen LogP contribution >= 0.6 is 0 Å². The van der Waals surface area contributed by atoms with Crippen molar-refractivity contribution in [3.8, 4) is 0 Å². The second-order valence-corrected chi connectivity index (χ2v) is 6.77. The molecule has 2 aromatic rings. The molecule has 111 valence electrons. The number of rotatable bonds is 2. The highest BCUT2D eigenvalue weighted by Gasteiger charge is 2.34. The summed E-state index contributed by atoms with van der Waals surface area (Å²) in [4.78, 5) is 0. The lowest BCUT2D eigenvalue weighted by Gasteiger charge is -2.39. The van der Waals surface area contributed by atoms with E-state index in [1.54, 1.807) is 0 Å². The Balaban J connectivity index is 1.75. The van der Waals surface area contributed by atoms with E-state index in [4.69, 9.17) is 0 Å². The van der Waals surface area contributed by atoms with Crippen LogP contribution in [0.15, 0.2) is 60.7 Å². The molecule has 2 aliphatic rings. The normalized spacial score (nSPS) is 27.8. The minimum Gasteiger partial charge on any atom is -0.0622 e. The summed E-state index contributed by atoms with van der Waals surface area (Å²) in [6, 6.07) is 21.9. The third kappa shape index (κ3) is 2.63. The minimum absolute atomic E-state index is 0.468. The highest BCUT2D eigenvalue weighted by atomic mass is 14.4. The quantitative estimate of drug-likeness (QED) is 0.648. The Bertz CT molecular complexity index is 638. The van der Waals surface area contributed by atoms with Crippen molar-refractivity contribution < 1.29 is 0 Å². The second-order valence-electron chi connectivity index (χ2n) is 6.77. The van der Waals surface area contributed by atoms with Crippen molar-refractivity contribution >= 4 is 5.57 Å². The van der Waals surface area contributed by atoms with Crippen LogP contribution in [0.4, 0.5) is 0 Å². The molecule has 0 heterocycles. The van der Waals surface area contributed by atoms with Crippen LogP contribution in [0, 0.1) is 17.9 Å². The number of fused-ring (bicyclic) bond motifs is 1. The molecule has 0 N–H and O–H groups in total. The Hall–Kier alpha value is -1.82. The van der Waals surface area contributed by atoms with E-state index >= 15 is 0 Å². The maximum absolute atomic E-state index is 3.90. The van der Waals surface area contributed by atoms with Gasteiger partial charge < -0.3 is 0 Å². The predicted molar refractivity (Wildman–Crippen MR) is 92.3 cm³/mol. The highest BCUT2D eigenvalue weighted by molar-refractivity contribution is 5.67. The molecule has 0 amide bonds. The summed E-state index contributed by atoms with van der Waals surface area (Å²) in [6.07, 6.45) is 10.7. The van der Waals surface area contributed by atoms with Crippen LogP contribution in [0.1, 0.15) is 49.1 Å². The third-order valence-electron chi connectivity index (χ3n) is 5.43. The first-order chi connectivity index (χ1) is 10.9. The molecule has 1 radical (unpaired) electrons. The first-order valence-corrected chi connectivity index (χ1v) is 8.65. The molecule has 22 heavy (non-hydrogen) atoms. The molecule has 2 aliphatic carbocycles. The van der Waals surface area contributed by atoms with Gasteiger partial charge in [-0.2, -0.15) is 0 Å². The average Bonchev–Trinajstić information content (AvgIpc) is 2.62. The Morgan fingerprint density at radius 3 is 2.23 bits per heavy atom. The fraction of sp³-hybridized carbons (Fsp3) is 0.364. The summed E-state index contributed by atoms with van der Waals surface area (Å²) in [5, 5.41) is 0. The van der Waals surface area contributed by atoms with Crippen LogP contribution in [-0.2, 0) is 0 Å². The molecule has 0 spiro atoms. The average molecular weight is 287 g/mol. The van der Waals surface area contributed by atoms with Crippen LogP contribution < -0.4 is 0 Å². The molecular weight excluding hydrogens is 264 g/mol. The molecule has 0 saturated heterocycles. The van der Waals surface area contributed by atoms with Crippen molar-refractivity contribution in [2.45, 2.75) is 38.0 Å². The van der Waals surface area contributed by atoms with Crippen molar-refractivity contribution in [3.05, 3.63) is 77.9 Å². The largest absolute Gasteiger partial charge is 0.0622 e. The van der Waals surface area contributed by atoms with Gasteiger partial charge in [-0.3, -0.25) is 0 Å². The van der Waals surface area contributed by atoms with Gasteiger partial charge in [0, 0.05) is 5.92 Å². The summed E-state index contributed by atoms with van der Waals surface area (Å²) >= 11 is 0. The fourth-order valence-corrected chi connectivity index (χ4v) is 4.35. The lowest BCUT2D eigenvalue weighted by atomic mass is 9.65. The zero-order valence-corrected chi connectivity index (χ0v) is 13.0. The molecule has 0 nitrogen and oxygen atoms in total. The van der Waals surface area contributed by atoms with E-state index in [1.807, 2.05) is 0 Å². The first-order valence-electron chi connectivity index (χ1n) is 8.65. The molecule has 0 heteroatoms. The van der Waals surface area contributed by atoms with Crippen LogP contribution in [0.25, 0.3) is 5.57 Å². The molecule has 1 saturated carbocycles. The van der Waals surface area contributed by atoms with E-state index in [-0.39, 0.29) is 0 Å². The lowest BCUT2D eigenvalue weighted by Crippen LogP contribution is -2.27. The van der Waals surface area contributed by atoms with Gasteiger partial charge in [-0.25, -0.2) is 0 Å². The number of hydrogen-bond acceptors (Lipinski definition) is 0. The van der Waals surface area contributed by atoms with Crippen molar-refractivity contribution in [1.29, 1.82) is 0 Å². The van der Waals surface area contributed by atoms with Gasteiger partial charge in [0.15, 0.2) is 0 Å². The summed E-state index contributed by atoms with van der Waals surface area (Å²) in [5.41, 5.74) is 4.31. The molecular formula is C22H23. The van der Waals surface area contributed by atoms with E-state index in [2.05, 4.69) is 66.7 Å². The van der Waals surface area contributed by atoms with Gasteiger partial charge in [0.2, 0.25) is 0 Å². The zero-order valence-electron chi connectivity index (χ0n) is 13.0. The minimum atomic E-state index is 0.468. The van der Waals surface area contributed by atoms with Gasteiger partial charge in [0.25, 0.3) is 0 Å².